The molecule has 104 valence electrons. The second kappa shape index (κ2) is 7.26. The molecule has 1 unspecified atom stereocenters. The smallest absolute Gasteiger partial charge is 0.272 e. The van der Waals surface area contributed by atoms with Gasteiger partial charge in [-0.05, 0) is 40.2 Å². The molecule has 0 aliphatic carbocycles. The summed E-state index contributed by atoms with van der Waals surface area (Å²) in [5, 5.41) is 0. The number of hydrogen-bond donors (Lipinski definition) is 0. The fraction of sp³-hybridized carbons (Fsp3) is 0.538. The Morgan fingerprint density at radius 2 is 2.47 bits per heavy atom. The predicted molar refractivity (Wildman–Crippen MR) is 80.6 cm³/mol. The number of amides is 1. The molecule has 2 heterocycles. The quantitative estimate of drug-likeness (QED) is 0.822. The molecule has 6 heteroatoms. The lowest BCUT2D eigenvalue weighted by Crippen LogP contribution is -2.42. The van der Waals surface area contributed by atoms with E-state index in [1.165, 1.54) is 0 Å². The van der Waals surface area contributed by atoms with Gasteiger partial charge < -0.3 is 9.64 Å². The zero-order chi connectivity index (χ0) is 13.7. The largest absolute Gasteiger partial charge is 0.383 e. The summed E-state index contributed by atoms with van der Waals surface area (Å²) >= 11 is 5.23. The van der Waals surface area contributed by atoms with Gasteiger partial charge in [-0.1, -0.05) is 0 Å². The molecular weight excluding hydrogens is 328 g/mol. The van der Waals surface area contributed by atoms with Gasteiger partial charge in [-0.3, -0.25) is 4.79 Å². The van der Waals surface area contributed by atoms with E-state index in [0.29, 0.717) is 24.9 Å². The maximum atomic E-state index is 12.5. The normalized spacial score (nSPS) is 18.5. The minimum Gasteiger partial charge on any atom is -0.383 e. The van der Waals surface area contributed by atoms with Crippen LogP contribution in [0.25, 0.3) is 0 Å². The van der Waals surface area contributed by atoms with Crippen molar-refractivity contribution in [2.45, 2.75) is 12.5 Å². The van der Waals surface area contributed by atoms with E-state index in [9.17, 15) is 4.79 Å². The molecule has 1 fully saturated rings. The minimum atomic E-state index is -0.00273. The van der Waals surface area contributed by atoms with Gasteiger partial charge >= 0.3 is 0 Å². The lowest BCUT2D eigenvalue weighted by atomic mass is 10.2. The van der Waals surface area contributed by atoms with Crippen molar-refractivity contribution in [1.29, 1.82) is 0 Å². The number of carbonyl (C=O) groups excluding carboxylic acids is 1. The van der Waals surface area contributed by atoms with E-state index in [4.69, 9.17) is 4.74 Å². The molecule has 2 rings (SSSR count). The number of halogens is 1. The van der Waals surface area contributed by atoms with Crippen LogP contribution >= 0.6 is 27.7 Å². The molecule has 0 spiro atoms. The Hall–Kier alpha value is -0.590. The van der Waals surface area contributed by atoms with Gasteiger partial charge in [0.25, 0.3) is 5.91 Å². The van der Waals surface area contributed by atoms with Crippen molar-refractivity contribution >= 4 is 33.6 Å². The third-order valence-electron chi connectivity index (χ3n) is 3.09. The average Bonchev–Trinajstić information content (AvgIpc) is 2.94. The highest BCUT2D eigenvalue weighted by molar-refractivity contribution is 9.10. The predicted octanol–water partition coefficient (Wildman–Crippen LogP) is 2.44. The third kappa shape index (κ3) is 3.94. The molecule has 0 N–H and O–H groups in total. The Kier molecular flexibility index (Phi) is 5.66. The van der Waals surface area contributed by atoms with Gasteiger partial charge in [0, 0.05) is 36.1 Å². The molecule has 1 aromatic rings. The molecule has 1 atom stereocenters. The molecular formula is C13H17BrN2O2S. The molecule has 0 saturated carbocycles. The second-order valence-corrected chi connectivity index (χ2v) is 6.44. The number of ether oxygens (including phenoxy) is 1. The number of thioether (sulfide) groups is 1. The highest BCUT2D eigenvalue weighted by atomic mass is 79.9. The molecule has 4 nitrogen and oxygen atoms in total. The Morgan fingerprint density at radius 3 is 3.05 bits per heavy atom. The molecule has 19 heavy (non-hydrogen) atoms. The first-order valence-electron chi connectivity index (χ1n) is 6.21. The second-order valence-electron chi connectivity index (χ2n) is 4.37. The number of carbonyl (C=O) groups is 1. The Labute approximate surface area is 126 Å². The molecule has 0 radical (unpaired) electrons. The maximum Gasteiger partial charge on any atom is 0.272 e. The van der Waals surface area contributed by atoms with E-state index in [0.717, 1.165) is 22.4 Å². The van der Waals surface area contributed by atoms with Crippen LogP contribution < -0.4 is 0 Å². The van der Waals surface area contributed by atoms with Crippen molar-refractivity contribution in [1.82, 2.24) is 9.88 Å². The molecule has 1 aliphatic heterocycles. The fourth-order valence-electron chi connectivity index (χ4n) is 2.06. The minimum absolute atomic E-state index is 0.00273. The first-order valence-corrected chi connectivity index (χ1v) is 8.16. The van der Waals surface area contributed by atoms with Crippen molar-refractivity contribution in [2.75, 3.05) is 31.8 Å². The number of nitrogens with zero attached hydrogens (tertiary/aromatic N) is 2. The zero-order valence-electron chi connectivity index (χ0n) is 10.8. The van der Waals surface area contributed by atoms with Gasteiger partial charge in [0.1, 0.15) is 5.69 Å². The van der Waals surface area contributed by atoms with Gasteiger partial charge in [0.05, 0.1) is 6.61 Å². The number of aromatic nitrogens is 1. The van der Waals surface area contributed by atoms with Crippen LogP contribution in [0.3, 0.4) is 0 Å². The Bertz CT molecular complexity index is 421. The van der Waals surface area contributed by atoms with Crippen LogP contribution in [0.5, 0.6) is 0 Å². The van der Waals surface area contributed by atoms with Crippen LogP contribution in [0.4, 0.5) is 0 Å². The van der Waals surface area contributed by atoms with E-state index in [1.54, 1.807) is 19.4 Å². The Morgan fingerprint density at radius 1 is 1.63 bits per heavy atom. The van der Waals surface area contributed by atoms with E-state index < -0.39 is 0 Å². The summed E-state index contributed by atoms with van der Waals surface area (Å²) in [6, 6.07) is 3.91. The topological polar surface area (TPSA) is 42.4 Å². The van der Waals surface area contributed by atoms with Gasteiger partial charge in [-0.25, -0.2) is 4.98 Å². The lowest BCUT2D eigenvalue weighted by Gasteiger charge is -2.28. The molecule has 0 bridgehead atoms. The van der Waals surface area contributed by atoms with Crippen LogP contribution in [0.2, 0.25) is 0 Å². The van der Waals surface area contributed by atoms with Gasteiger partial charge in [-0.2, -0.15) is 11.8 Å². The summed E-state index contributed by atoms with van der Waals surface area (Å²) < 4.78 is 5.99. The molecule has 1 aliphatic rings. The SMILES string of the molecule is COCCN(C(=O)c1ccc(Br)cn1)C1CCSC1. The van der Waals surface area contributed by atoms with Crippen molar-refractivity contribution in [2.24, 2.45) is 0 Å². The van der Waals surface area contributed by atoms with E-state index >= 15 is 0 Å². The van der Waals surface area contributed by atoms with Gasteiger partial charge in [0.2, 0.25) is 0 Å². The molecule has 1 saturated heterocycles. The summed E-state index contributed by atoms with van der Waals surface area (Å²) in [6.45, 7) is 1.18. The van der Waals surface area contributed by atoms with Crippen LogP contribution in [0, 0.1) is 0 Å². The van der Waals surface area contributed by atoms with E-state index in [1.807, 2.05) is 22.7 Å². The van der Waals surface area contributed by atoms with Crippen LogP contribution in [-0.2, 0) is 4.74 Å². The lowest BCUT2D eigenvalue weighted by molar-refractivity contribution is 0.0619. The highest BCUT2D eigenvalue weighted by Gasteiger charge is 2.28. The summed E-state index contributed by atoms with van der Waals surface area (Å²) in [5.41, 5.74) is 0.496. The third-order valence-corrected chi connectivity index (χ3v) is 4.70. The van der Waals surface area contributed by atoms with Crippen molar-refractivity contribution < 1.29 is 9.53 Å². The van der Waals surface area contributed by atoms with Crippen molar-refractivity contribution in [3.8, 4) is 0 Å². The summed E-state index contributed by atoms with van der Waals surface area (Å²) in [7, 11) is 1.66. The summed E-state index contributed by atoms with van der Waals surface area (Å²) in [5.74, 6) is 2.12. The van der Waals surface area contributed by atoms with Crippen molar-refractivity contribution in [3.63, 3.8) is 0 Å². The maximum absolute atomic E-state index is 12.5. The van der Waals surface area contributed by atoms with Gasteiger partial charge in [-0.15, -0.1) is 0 Å². The van der Waals surface area contributed by atoms with Crippen LogP contribution in [-0.4, -0.2) is 53.6 Å². The van der Waals surface area contributed by atoms with E-state index in [2.05, 4.69) is 20.9 Å². The van der Waals surface area contributed by atoms with E-state index in [-0.39, 0.29) is 5.91 Å². The Balaban J connectivity index is 2.11. The first kappa shape index (κ1) is 14.8. The average molecular weight is 345 g/mol. The number of hydrogen-bond acceptors (Lipinski definition) is 4. The number of methoxy groups -OCH3 is 1. The standard InChI is InChI=1S/C13H17BrN2O2S/c1-18-6-5-16(11-4-7-19-9-11)13(17)12-3-2-10(14)8-15-12/h2-3,8,11H,4-7,9H2,1H3. The first-order chi connectivity index (χ1) is 9.22. The van der Waals surface area contributed by atoms with Crippen LogP contribution in [0.1, 0.15) is 16.9 Å². The monoisotopic (exact) mass is 344 g/mol. The number of rotatable bonds is 5. The number of pyridine rings is 1. The zero-order valence-corrected chi connectivity index (χ0v) is 13.2. The van der Waals surface area contributed by atoms with Gasteiger partial charge in [0.15, 0.2) is 0 Å². The molecule has 1 aromatic heterocycles. The summed E-state index contributed by atoms with van der Waals surface area (Å²) in [6.07, 6.45) is 2.71. The summed E-state index contributed by atoms with van der Waals surface area (Å²) in [4.78, 5) is 18.6. The highest BCUT2D eigenvalue weighted by Crippen LogP contribution is 2.23. The molecule has 1 amide bonds. The van der Waals surface area contributed by atoms with Crippen molar-refractivity contribution in [3.05, 3.63) is 28.5 Å². The fourth-order valence-corrected chi connectivity index (χ4v) is 3.52. The van der Waals surface area contributed by atoms with Crippen LogP contribution in [0.15, 0.2) is 22.8 Å². The molecule has 0 aromatic carbocycles.